The molecule has 5 aliphatic rings. The van der Waals surface area contributed by atoms with Crippen LogP contribution in [0.4, 0.5) is 0 Å². The molecule has 5 rings (SSSR count). The highest BCUT2D eigenvalue weighted by atomic mass is 16.6. The second kappa shape index (κ2) is 4.21. The van der Waals surface area contributed by atoms with Crippen molar-refractivity contribution < 1.29 is 19.1 Å². The van der Waals surface area contributed by atoms with Crippen LogP contribution in [0.15, 0.2) is 11.6 Å². The number of fused-ring (bicyclic) bond motifs is 1. The summed E-state index contributed by atoms with van der Waals surface area (Å²) in [6.07, 6.45) is 7.83. The van der Waals surface area contributed by atoms with Gasteiger partial charge in [-0.25, -0.2) is 0 Å². The van der Waals surface area contributed by atoms with Crippen LogP contribution in [0.5, 0.6) is 0 Å². The van der Waals surface area contributed by atoms with Gasteiger partial charge in [-0.3, -0.25) is 9.59 Å². The van der Waals surface area contributed by atoms with Gasteiger partial charge in [0.25, 0.3) is 0 Å². The smallest absolute Gasteiger partial charge is 0.191 e. The average molecular weight is 330 g/mol. The fourth-order valence-corrected chi connectivity index (χ4v) is 7.15. The van der Waals surface area contributed by atoms with E-state index in [-0.39, 0.29) is 28.6 Å². The van der Waals surface area contributed by atoms with Crippen LogP contribution in [0.3, 0.4) is 0 Å². The number of aldehydes is 1. The molecule has 4 heteroatoms. The third kappa shape index (κ3) is 1.45. The summed E-state index contributed by atoms with van der Waals surface area (Å²) in [5.74, 6) is 0.465. The Labute approximate surface area is 143 Å². The first kappa shape index (κ1) is 15.3. The molecule has 0 aromatic rings. The lowest BCUT2D eigenvalue weighted by Gasteiger charge is -2.57. The highest BCUT2D eigenvalue weighted by Gasteiger charge is 2.88. The molecule has 2 aliphatic heterocycles. The molecule has 0 unspecified atom stereocenters. The molecule has 0 radical (unpaired) electrons. The lowest BCUT2D eigenvalue weighted by Crippen LogP contribution is -2.62. The maximum Gasteiger partial charge on any atom is 0.191 e. The first-order valence-corrected chi connectivity index (χ1v) is 9.35. The molecule has 0 bridgehead atoms. The molecule has 0 N–H and O–H groups in total. The SMILES string of the molecule is CC1(C)CCC[C@]2(C)[C@@H]1CC[C@]13O[C@]21C(=O)C=C(C=O)[C@@H]3[C@@H]1CO1. The Morgan fingerprint density at radius 3 is 2.62 bits per heavy atom. The van der Waals surface area contributed by atoms with Gasteiger partial charge in [-0.15, -0.1) is 0 Å². The Kier molecular flexibility index (Phi) is 2.68. The molecular weight excluding hydrogens is 304 g/mol. The number of carbonyl (C=O) groups is 2. The van der Waals surface area contributed by atoms with Crippen molar-refractivity contribution in [1.29, 1.82) is 0 Å². The van der Waals surface area contributed by atoms with Crippen molar-refractivity contribution in [3.8, 4) is 0 Å². The quantitative estimate of drug-likeness (QED) is 0.577. The van der Waals surface area contributed by atoms with Gasteiger partial charge < -0.3 is 9.47 Å². The van der Waals surface area contributed by atoms with Gasteiger partial charge in [0.05, 0.1) is 12.7 Å². The fourth-order valence-electron chi connectivity index (χ4n) is 7.15. The van der Waals surface area contributed by atoms with Gasteiger partial charge in [0.2, 0.25) is 0 Å². The number of epoxide rings is 2. The first-order chi connectivity index (χ1) is 11.3. The zero-order chi connectivity index (χ0) is 17.0. The van der Waals surface area contributed by atoms with Gasteiger partial charge >= 0.3 is 0 Å². The third-order valence-corrected chi connectivity index (χ3v) is 8.10. The minimum Gasteiger partial charge on any atom is -0.372 e. The third-order valence-electron chi connectivity index (χ3n) is 8.10. The number of rotatable bonds is 2. The largest absolute Gasteiger partial charge is 0.372 e. The van der Waals surface area contributed by atoms with Crippen LogP contribution in [0.2, 0.25) is 0 Å². The summed E-state index contributed by atoms with van der Waals surface area (Å²) in [5.41, 5.74) is -0.519. The average Bonchev–Trinajstić information content (AvgIpc) is 3.39. The van der Waals surface area contributed by atoms with Crippen molar-refractivity contribution in [2.75, 3.05) is 6.61 Å². The molecule has 2 saturated carbocycles. The Hall–Kier alpha value is -1.00. The van der Waals surface area contributed by atoms with Crippen LogP contribution in [-0.2, 0) is 19.1 Å². The maximum atomic E-state index is 13.2. The molecule has 2 saturated heterocycles. The lowest BCUT2D eigenvalue weighted by molar-refractivity contribution is -0.136. The predicted molar refractivity (Wildman–Crippen MR) is 87.4 cm³/mol. The van der Waals surface area contributed by atoms with Crippen LogP contribution in [0.1, 0.15) is 52.9 Å². The van der Waals surface area contributed by atoms with Gasteiger partial charge in [0.1, 0.15) is 11.9 Å². The van der Waals surface area contributed by atoms with E-state index in [1.807, 2.05) is 0 Å². The minimum absolute atomic E-state index is 0.0337. The number of ketones is 1. The van der Waals surface area contributed by atoms with Crippen molar-refractivity contribution >= 4 is 12.1 Å². The fraction of sp³-hybridized carbons (Fsp3) is 0.800. The molecule has 4 fully saturated rings. The van der Waals surface area contributed by atoms with E-state index in [9.17, 15) is 9.59 Å². The van der Waals surface area contributed by atoms with E-state index in [4.69, 9.17) is 9.47 Å². The van der Waals surface area contributed by atoms with Crippen LogP contribution in [-0.4, -0.2) is 36.0 Å². The maximum absolute atomic E-state index is 13.2. The van der Waals surface area contributed by atoms with Crippen molar-refractivity contribution in [1.82, 2.24) is 0 Å². The zero-order valence-electron chi connectivity index (χ0n) is 14.8. The standard InChI is InChI=1S/C20H26O4/c1-17(2)6-4-7-18(3)14(17)5-8-19-16(13-11-23-13)12(10-21)9-15(22)20(18,19)24-19/h9-10,13-14,16H,4-8,11H2,1-3H3/t13-,14+,16+,18+,19+,20+/m0/s1. The summed E-state index contributed by atoms with van der Waals surface area (Å²) in [7, 11) is 0. The van der Waals surface area contributed by atoms with Gasteiger partial charge in [-0.1, -0.05) is 27.2 Å². The summed E-state index contributed by atoms with van der Waals surface area (Å²) in [6, 6.07) is 0. The molecule has 2 heterocycles. The summed E-state index contributed by atoms with van der Waals surface area (Å²) in [6.45, 7) is 7.66. The molecule has 130 valence electrons. The second-order valence-corrected chi connectivity index (χ2v) is 9.50. The molecule has 0 aromatic heterocycles. The Balaban J connectivity index is 1.67. The van der Waals surface area contributed by atoms with Crippen LogP contribution >= 0.6 is 0 Å². The number of hydrogen-bond acceptors (Lipinski definition) is 4. The molecule has 3 aliphatic carbocycles. The van der Waals surface area contributed by atoms with Crippen molar-refractivity contribution in [3.63, 3.8) is 0 Å². The predicted octanol–water partition coefficient (Wildman–Crippen LogP) is 2.84. The number of carbonyl (C=O) groups excluding carboxylic acids is 2. The summed E-state index contributed by atoms with van der Waals surface area (Å²) in [4.78, 5) is 24.8. The Morgan fingerprint density at radius 2 is 1.96 bits per heavy atom. The van der Waals surface area contributed by atoms with E-state index >= 15 is 0 Å². The monoisotopic (exact) mass is 330 g/mol. The van der Waals surface area contributed by atoms with E-state index in [1.165, 1.54) is 6.42 Å². The Bertz CT molecular complexity index is 675. The topological polar surface area (TPSA) is 59.2 Å². The van der Waals surface area contributed by atoms with E-state index in [0.717, 1.165) is 32.0 Å². The molecule has 0 amide bonds. The zero-order valence-corrected chi connectivity index (χ0v) is 14.8. The van der Waals surface area contributed by atoms with Crippen molar-refractivity contribution in [3.05, 3.63) is 11.6 Å². The lowest BCUT2D eigenvalue weighted by atomic mass is 9.43. The van der Waals surface area contributed by atoms with Crippen LogP contribution in [0, 0.1) is 22.7 Å². The van der Waals surface area contributed by atoms with Crippen molar-refractivity contribution in [2.45, 2.75) is 70.2 Å². The highest BCUT2D eigenvalue weighted by Crippen LogP contribution is 2.77. The Morgan fingerprint density at radius 1 is 1.21 bits per heavy atom. The molecule has 0 spiro atoms. The van der Waals surface area contributed by atoms with Crippen LogP contribution < -0.4 is 0 Å². The minimum atomic E-state index is -0.719. The summed E-state index contributed by atoms with van der Waals surface area (Å²) in [5, 5.41) is 0. The summed E-state index contributed by atoms with van der Waals surface area (Å²) >= 11 is 0. The molecular formula is C20H26O4. The highest BCUT2D eigenvalue weighted by molar-refractivity contribution is 6.07. The van der Waals surface area contributed by atoms with E-state index in [0.29, 0.717) is 18.1 Å². The molecule has 24 heavy (non-hydrogen) atoms. The van der Waals surface area contributed by atoms with Gasteiger partial charge in [-0.05, 0) is 43.1 Å². The molecule has 0 aromatic carbocycles. The number of hydrogen-bond donors (Lipinski definition) is 0. The van der Waals surface area contributed by atoms with Gasteiger partial charge in [-0.2, -0.15) is 0 Å². The molecule has 6 atom stereocenters. The van der Waals surface area contributed by atoms with E-state index < -0.39 is 11.2 Å². The molecule has 4 nitrogen and oxygen atoms in total. The van der Waals surface area contributed by atoms with E-state index in [1.54, 1.807) is 6.08 Å². The normalized spacial score (nSPS) is 54.0. The second-order valence-electron chi connectivity index (χ2n) is 9.50. The first-order valence-electron chi connectivity index (χ1n) is 9.35. The van der Waals surface area contributed by atoms with E-state index in [2.05, 4.69) is 20.8 Å². The van der Waals surface area contributed by atoms with Gasteiger partial charge in [0, 0.05) is 16.9 Å². The van der Waals surface area contributed by atoms with Crippen molar-refractivity contribution in [2.24, 2.45) is 22.7 Å². The van der Waals surface area contributed by atoms with Crippen LogP contribution in [0.25, 0.3) is 0 Å². The number of ether oxygens (including phenoxy) is 2. The van der Waals surface area contributed by atoms with Gasteiger partial charge in [0.15, 0.2) is 11.4 Å². The summed E-state index contributed by atoms with van der Waals surface area (Å²) < 4.78 is 12.1.